The molecule has 2 unspecified atom stereocenters. The van der Waals surface area contributed by atoms with E-state index in [0.29, 0.717) is 18.8 Å². The van der Waals surface area contributed by atoms with Crippen LogP contribution in [-0.4, -0.2) is 38.2 Å². The van der Waals surface area contributed by atoms with Crippen LogP contribution in [0.5, 0.6) is 0 Å². The summed E-state index contributed by atoms with van der Waals surface area (Å²) in [6.45, 7) is 0.382. The van der Waals surface area contributed by atoms with E-state index < -0.39 is 16.1 Å². The number of aromatic nitrogens is 1. The van der Waals surface area contributed by atoms with Gasteiger partial charge in [0.25, 0.3) is 0 Å². The molecule has 8 heteroatoms. The summed E-state index contributed by atoms with van der Waals surface area (Å²) >= 11 is 0. The Hall–Kier alpha value is -2.03. The Morgan fingerprint density at radius 1 is 1.25 bits per heavy atom. The molecule has 2 aromatic rings. The Morgan fingerprint density at radius 3 is 2.54 bits per heavy atom. The van der Waals surface area contributed by atoms with Gasteiger partial charge in [-0.1, -0.05) is 12.1 Å². The first-order chi connectivity index (χ1) is 11.4. The van der Waals surface area contributed by atoms with Gasteiger partial charge in [-0.3, -0.25) is 0 Å². The van der Waals surface area contributed by atoms with Gasteiger partial charge in [-0.15, -0.1) is 0 Å². The molecular formula is C16H18FN3O3S. The molecular weight excluding hydrogens is 333 g/mol. The number of pyridine rings is 1. The Bertz CT molecular complexity index is 809. The molecule has 3 rings (SSSR count). The van der Waals surface area contributed by atoms with E-state index in [-0.39, 0.29) is 16.8 Å². The lowest BCUT2D eigenvalue weighted by atomic mass is 10.0. The fraction of sp³-hybridized carbons (Fsp3) is 0.312. The van der Waals surface area contributed by atoms with E-state index in [2.05, 4.69) is 9.71 Å². The predicted octanol–water partition coefficient (Wildman–Crippen LogP) is 1.44. The molecule has 6 nitrogen and oxygen atoms in total. The highest BCUT2D eigenvalue weighted by Gasteiger charge is 2.33. The first-order valence-corrected chi connectivity index (χ1v) is 8.99. The largest absolute Gasteiger partial charge is 0.391 e. The van der Waals surface area contributed by atoms with Crippen molar-refractivity contribution < 1.29 is 17.9 Å². The van der Waals surface area contributed by atoms with Gasteiger partial charge in [0.05, 0.1) is 12.1 Å². The van der Waals surface area contributed by atoms with Gasteiger partial charge < -0.3 is 10.0 Å². The molecule has 2 N–H and O–H groups in total. The molecule has 0 aliphatic carbocycles. The summed E-state index contributed by atoms with van der Waals surface area (Å²) in [5.74, 6) is 0.250. The number of nitrogens with zero attached hydrogens (tertiary/aromatic N) is 2. The number of aliphatic hydroxyl groups excluding tert-OH is 1. The zero-order chi connectivity index (χ0) is 17.3. The van der Waals surface area contributed by atoms with Crippen LogP contribution in [0.4, 0.5) is 10.2 Å². The van der Waals surface area contributed by atoms with Gasteiger partial charge in [0.2, 0.25) is 10.0 Å². The minimum absolute atomic E-state index is 0.0758. The molecule has 1 aliphatic heterocycles. The second-order valence-electron chi connectivity index (χ2n) is 5.67. The van der Waals surface area contributed by atoms with Crippen molar-refractivity contribution in [2.24, 2.45) is 0 Å². The van der Waals surface area contributed by atoms with Gasteiger partial charge in [-0.25, -0.2) is 22.5 Å². The average molecular weight is 351 g/mol. The molecule has 0 radical (unpaired) electrons. The van der Waals surface area contributed by atoms with Crippen LogP contribution in [0.15, 0.2) is 47.5 Å². The maximum Gasteiger partial charge on any atom is 0.241 e. The van der Waals surface area contributed by atoms with Crippen LogP contribution in [0.25, 0.3) is 0 Å². The Balaban J connectivity index is 1.90. The predicted molar refractivity (Wildman–Crippen MR) is 87.6 cm³/mol. The van der Waals surface area contributed by atoms with Crippen molar-refractivity contribution in [3.8, 4) is 0 Å². The summed E-state index contributed by atoms with van der Waals surface area (Å²) in [5, 5.41) is 10.0. The van der Waals surface area contributed by atoms with Crippen LogP contribution in [0.2, 0.25) is 0 Å². The Kier molecular flexibility index (Phi) is 4.53. The number of halogens is 1. The molecule has 1 fully saturated rings. The standard InChI is InChI=1S/C16H18FN3O3S/c1-18-24(22,23)14-6-7-16(19-9-14)20-10-13(21)8-15(20)11-2-4-12(17)5-3-11/h2-7,9,13,15,18,21H,8,10H2,1H3. The molecule has 128 valence electrons. The second-order valence-corrected chi connectivity index (χ2v) is 7.56. The van der Waals surface area contributed by atoms with E-state index in [9.17, 15) is 17.9 Å². The summed E-state index contributed by atoms with van der Waals surface area (Å²) < 4.78 is 38.9. The van der Waals surface area contributed by atoms with Crippen molar-refractivity contribution >= 4 is 15.8 Å². The minimum Gasteiger partial charge on any atom is -0.391 e. The summed E-state index contributed by atoms with van der Waals surface area (Å²) in [6, 6.07) is 9.08. The molecule has 1 aromatic heterocycles. The maximum absolute atomic E-state index is 13.1. The summed E-state index contributed by atoms with van der Waals surface area (Å²) in [7, 11) is -2.20. The van der Waals surface area contributed by atoms with Crippen molar-refractivity contribution in [1.82, 2.24) is 9.71 Å². The summed E-state index contributed by atoms with van der Waals surface area (Å²) in [5.41, 5.74) is 0.877. The SMILES string of the molecule is CNS(=O)(=O)c1ccc(N2CC(O)CC2c2ccc(F)cc2)nc1. The van der Waals surface area contributed by atoms with Gasteiger partial charge in [-0.05, 0) is 43.3 Å². The highest BCUT2D eigenvalue weighted by atomic mass is 32.2. The van der Waals surface area contributed by atoms with Crippen LogP contribution >= 0.6 is 0 Å². The first kappa shape index (κ1) is 16.8. The number of hydrogen-bond donors (Lipinski definition) is 2. The molecule has 24 heavy (non-hydrogen) atoms. The van der Waals surface area contributed by atoms with E-state index in [1.54, 1.807) is 18.2 Å². The molecule has 0 bridgehead atoms. The third-order valence-electron chi connectivity index (χ3n) is 4.13. The van der Waals surface area contributed by atoms with Crippen LogP contribution in [0, 0.1) is 5.82 Å². The normalized spacial score (nSPS) is 21.2. The minimum atomic E-state index is -3.54. The highest BCUT2D eigenvalue weighted by Crippen LogP contribution is 2.35. The number of hydrogen-bond acceptors (Lipinski definition) is 5. The van der Waals surface area contributed by atoms with Gasteiger partial charge in [0.15, 0.2) is 0 Å². The zero-order valence-electron chi connectivity index (χ0n) is 13.1. The fourth-order valence-electron chi connectivity index (χ4n) is 2.89. The number of sulfonamides is 1. The van der Waals surface area contributed by atoms with Gasteiger partial charge in [-0.2, -0.15) is 0 Å². The first-order valence-electron chi connectivity index (χ1n) is 7.50. The summed E-state index contributed by atoms with van der Waals surface area (Å²) in [4.78, 5) is 6.20. The van der Waals surface area contributed by atoms with Crippen LogP contribution in [0.1, 0.15) is 18.0 Å². The van der Waals surface area contributed by atoms with Crippen LogP contribution in [0.3, 0.4) is 0 Å². The third-order valence-corrected chi connectivity index (χ3v) is 5.53. The average Bonchev–Trinajstić information content (AvgIpc) is 2.97. The van der Waals surface area contributed by atoms with Crippen molar-refractivity contribution in [3.05, 3.63) is 54.0 Å². The second kappa shape index (κ2) is 6.46. The molecule has 1 aromatic carbocycles. The number of aliphatic hydroxyl groups is 1. The smallest absolute Gasteiger partial charge is 0.241 e. The quantitative estimate of drug-likeness (QED) is 0.871. The van der Waals surface area contributed by atoms with Gasteiger partial charge >= 0.3 is 0 Å². The number of nitrogens with one attached hydrogen (secondary N) is 1. The molecule has 2 heterocycles. The van der Waals surface area contributed by atoms with E-state index in [0.717, 1.165) is 5.56 Å². The molecule has 0 saturated carbocycles. The lowest BCUT2D eigenvalue weighted by Crippen LogP contribution is -2.25. The molecule has 1 saturated heterocycles. The topological polar surface area (TPSA) is 82.5 Å². The van der Waals surface area contributed by atoms with Crippen molar-refractivity contribution in [1.29, 1.82) is 0 Å². The molecule has 2 atom stereocenters. The zero-order valence-corrected chi connectivity index (χ0v) is 13.9. The van der Waals surface area contributed by atoms with Crippen molar-refractivity contribution in [3.63, 3.8) is 0 Å². The Labute approximate surface area is 140 Å². The van der Waals surface area contributed by atoms with Gasteiger partial charge in [0.1, 0.15) is 16.5 Å². The lowest BCUT2D eigenvalue weighted by Gasteiger charge is -2.25. The van der Waals surface area contributed by atoms with E-state index in [1.807, 2.05) is 4.90 Å². The van der Waals surface area contributed by atoms with Crippen LogP contribution in [-0.2, 0) is 10.0 Å². The van der Waals surface area contributed by atoms with E-state index in [4.69, 9.17) is 0 Å². The lowest BCUT2D eigenvalue weighted by molar-refractivity contribution is 0.194. The van der Waals surface area contributed by atoms with Crippen molar-refractivity contribution in [2.45, 2.75) is 23.5 Å². The van der Waals surface area contributed by atoms with Crippen molar-refractivity contribution in [2.75, 3.05) is 18.5 Å². The number of rotatable bonds is 4. The van der Waals surface area contributed by atoms with Crippen LogP contribution < -0.4 is 9.62 Å². The molecule has 0 amide bonds. The van der Waals surface area contributed by atoms with E-state index >= 15 is 0 Å². The molecule has 1 aliphatic rings. The fourth-order valence-corrected chi connectivity index (χ4v) is 3.56. The summed E-state index contributed by atoms with van der Waals surface area (Å²) in [6.07, 6.45) is 1.26. The monoisotopic (exact) mass is 351 g/mol. The highest BCUT2D eigenvalue weighted by molar-refractivity contribution is 7.89. The number of benzene rings is 1. The number of β-amino-alcohol motifs (C(OH)–C–C–N with tert-alkyl or cyclic N) is 1. The van der Waals surface area contributed by atoms with E-state index in [1.165, 1.54) is 31.4 Å². The van der Waals surface area contributed by atoms with Gasteiger partial charge in [0, 0.05) is 12.7 Å². The third kappa shape index (κ3) is 3.26. The number of anilines is 1. The Morgan fingerprint density at radius 2 is 1.96 bits per heavy atom. The molecule has 0 spiro atoms. The maximum atomic E-state index is 13.1.